The van der Waals surface area contributed by atoms with Crippen LogP contribution in [0.3, 0.4) is 0 Å². The summed E-state index contributed by atoms with van der Waals surface area (Å²) in [5.74, 6) is 0.346. The predicted octanol–water partition coefficient (Wildman–Crippen LogP) is 3.54. The van der Waals surface area contributed by atoms with E-state index in [9.17, 15) is 9.59 Å². The average Bonchev–Trinajstić information content (AvgIpc) is 3.10. The van der Waals surface area contributed by atoms with E-state index in [0.717, 1.165) is 5.39 Å². The summed E-state index contributed by atoms with van der Waals surface area (Å²) < 4.78 is 10.7. The van der Waals surface area contributed by atoms with Gasteiger partial charge in [-0.2, -0.15) is 0 Å². The number of methoxy groups -OCH3 is 1. The summed E-state index contributed by atoms with van der Waals surface area (Å²) in [5, 5.41) is 3.63. The van der Waals surface area contributed by atoms with Gasteiger partial charge < -0.3 is 19.4 Å². The molecule has 0 bridgehead atoms. The quantitative estimate of drug-likeness (QED) is 0.736. The average molecular weight is 352 g/mol. The third-order valence-electron chi connectivity index (χ3n) is 4.01. The highest BCUT2D eigenvalue weighted by Crippen LogP contribution is 2.20. The number of hydrogen-bond donors (Lipinski definition) is 1. The topological polar surface area (TPSA) is 71.8 Å². The molecule has 0 aliphatic carbocycles. The van der Waals surface area contributed by atoms with Crippen LogP contribution in [0.1, 0.15) is 17.5 Å². The minimum absolute atomic E-state index is 0.0571. The van der Waals surface area contributed by atoms with Gasteiger partial charge in [0.05, 0.1) is 7.11 Å². The number of nitrogens with zero attached hydrogens (tertiary/aromatic N) is 1. The van der Waals surface area contributed by atoms with Crippen molar-refractivity contribution in [2.45, 2.75) is 6.92 Å². The summed E-state index contributed by atoms with van der Waals surface area (Å²) in [5.41, 5.74) is 1.29. The third-order valence-corrected chi connectivity index (χ3v) is 4.01. The van der Waals surface area contributed by atoms with Crippen molar-refractivity contribution in [3.8, 4) is 5.75 Å². The molecule has 134 valence electrons. The van der Waals surface area contributed by atoms with Crippen molar-refractivity contribution in [2.24, 2.45) is 0 Å². The van der Waals surface area contributed by atoms with Crippen LogP contribution in [-0.2, 0) is 4.79 Å². The first-order valence-electron chi connectivity index (χ1n) is 8.32. The van der Waals surface area contributed by atoms with Gasteiger partial charge in [-0.25, -0.2) is 0 Å². The Morgan fingerprint density at radius 2 is 1.85 bits per heavy atom. The van der Waals surface area contributed by atoms with Gasteiger partial charge in [-0.05, 0) is 43.3 Å². The monoisotopic (exact) mass is 352 g/mol. The van der Waals surface area contributed by atoms with E-state index in [1.165, 1.54) is 4.90 Å². The van der Waals surface area contributed by atoms with Gasteiger partial charge in [-0.1, -0.05) is 18.2 Å². The molecule has 6 nitrogen and oxygen atoms in total. The van der Waals surface area contributed by atoms with Gasteiger partial charge in [-0.3, -0.25) is 9.59 Å². The maximum absolute atomic E-state index is 12.7. The maximum atomic E-state index is 12.7. The molecule has 0 saturated carbocycles. The minimum atomic E-state index is -0.311. The number of rotatable bonds is 6. The number of para-hydroxylation sites is 1. The zero-order chi connectivity index (χ0) is 18.5. The Balaban J connectivity index is 1.67. The summed E-state index contributed by atoms with van der Waals surface area (Å²) in [6.45, 7) is 2.16. The van der Waals surface area contributed by atoms with Gasteiger partial charge in [0.2, 0.25) is 5.91 Å². The molecule has 1 aromatic heterocycles. The van der Waals surface area contributed by atoms with Crippen molar-refractivity contribution in [2.75, 3.05) is 25.5 Å². The van der Waals surface area contributed by atoms with Gasteiger partial charge in [0.25, 0.3) is 5.91 Å². The lowest BCUT2D eigenvalue weighted by Crippen LogP contribution is -2.37. The lowest BCUT2D eigenvalue weighted by molar-refractivity contribution is -0.116. The molecule has 0 aliphatic rings. The lowest BCUT2D eigenvalue weighted by Gasteiger charge is -2.19. The van der Waals surface area contributed by atoms with Crippen molar-refractivity contribution in [1.82, 2.24) is 4.90 Å². The molecule has 0 fully saturated rings. The van der Waals surface area contributed by atoms with Crippen LogP contribution in [0.2, 0.25) is 0 Å². The van der Waals surface area contributed by atoms with Gasteiger partial charge >= 0.3 is 0 Å². The fourth-order valence-electron chi connectivity index (χ4n) is 2.62. The van der Waals surface area contributed by atoms with Gasteiger partial charge in [-0.15, -0.1) is 0 Å². The SMILES string of the molecule is CCN(CC(=O)Nc1ccc(OC)cc1)C(=O)c1cc2ccccc2o1. The number of fused-ring (bicyclic) bond motifs is 1. The minimum Gasteiger partial charge on any atom is -0.497 e. The molecule has 0 atom stereocenters. The standard InChI is InChI=1S/C20H20N2O4/c1-3-22(13-19(23)21-15-8-10-16(25-2)11-9-15)20(24)18-12-14-6-4-5-7-17(14)26-18/h4-12H,3,13H2,1-2H3,(H,21,23). The van der Waals surface area contributed by atoms with E-state index < -0.39 is 0 Å². The van der Waals surface area contributed by atoms with E-state index in [2.05, 4.69) is 5.32 Å². The number of carbonyl (C=O) groups is 2. The number of benzene rings is 2. The zero-order valence-electron chi connectivity index (χ0n) is 14.7. The van der Waals surface area contributed by atoms with E-state index >= 15 is 0 Å². The lowest BCUT2D eigenvalue weighted by atomic mass is 10.2. The molecule has 26 heavy (non-hydrogen) atoms. The second kappa shape index (κ2) is 7.74. The van der Waals surface area contributed by atoms with Gasteiger partial charge in [0, 0.05) is 17.6 Å². The van der Waals surface area contributed by atoms with Gasteiger partial charge in [0.1, 0.15) is 17.9 Å². The molecule has 2 amide bonds. The third kappa shape index (κ3) is 3.85. The zero-order valence-corrected chi connectivity index (χ0v) is 14.7. The normalized spacial score (nSPS) is 10.5. The van der Waals surface area contributed by atoms with Crippen LogP contribution < -0.4 is 10.1 Å². The van der Waals surface area contributed by atoms with Crippen LogP contribution in [-0.4, -0.2) is 36.9 Å². The number of carbonyl (C=O) groups excluding carboxylic acids is 2. The number of ether oxygens (including phenoxy) is 1. The molecular formula is C20H20N2O4. The second-order valence-electron chi connectivity index (χ2n) is 5.74. The van der Waals surface area contributed by atoms with E-state index in [1.54, 1.807) is 43.5 Å². The molecule has 0 radical (unpaired) electrons. The first-order valence-corrected chi connectivity index (χ1v) is 8.32. The second-order valence-corrected chi connectivity index (χ2v) is 5.74. The van der Waals surface area contributed by atoms with Crippen LogP contribution in [0, 0.1) is 0 Å². The number of likely N-dealkylation sites (N-methyl/N-ethyl adjacent to an activating group) is 1. The number of amides is 2. The van der Waals surface area contributed by atoms with Crippen LogP contribution in [0.15, 0.2) is 59.0 Å². The smallest absolute Gasteiger partial charge is 0.290 e. The van der Waals surface area contributed by atoms with Crippen molar-refractivity contribution < 1.29 is 18.7 Å². The van der Waals surface area contributed by atoms with Crippen LogP contribution in [0.5, 0.6) is 5.75 Å². The molecule has 1 heterocycles. The van der Waals surface area contributed by atoms with E-state index in [-0.39, 0.29) is 24.1 Å². The largest absolute Gasteiger partial charge is 0.497 e. The Bertz CT molecular complexity index is 882. The Morgan fingerprint density at radius 1 is 1.12 bits per heavy atom. The van der Waals surface area contributed by atoms with E-state index in [4.69, 9.17) is 9.15 Å². The summed E-state index contributed by atoms with van der Waals surface area (Å²) >= 11 is 0. The highest BCUT2D eigenvalue weighted by Gasteiger charge is 2.21. The van der Waals surface area contributed by atoms with Crippen molar-refractivity contribution in [3.05, 3.63) is 60.4 Å². The number of furan rings is 1. The number of nitrogens with one attached hydrogen (secondary N) is 1. The molecular weight excluding hydrogens is 332 g/mol. The predicted molar refractivity (Wildman–Crippen MR) is 99.4 cm³/mol. The molecule has 0 aliphatic heterocycles. The fourth-order valence-corrected chi connectivity index (χ4v) is 2.62. The molecule has 6 heteroatoms. The fraction of sp³-hybridized carbons (Fsp3) is 0.200. The molecule has 0 unspecified atom stereocenters. The first-order chi connectivity index (χ1) is 12.6. The Morgan fingerprint density at radius 3 is 2.50 bits per heavy atom. The van der Waals surface area contributed by atoms with E-state index in [0.29, 0.717) is 23.6 Å². The van der Waals surface area contributed by atoms with E-state index in [1.807, 2.05) is 25.1 Å². The van der Waals surface area contributed by atoms with Crippen molar-refractivity contribution in [3.63, 3.8) is 0 Å². The Kier molecular flexibility index (Phi) is 5.22. The summed E-state index contributed by atoms with van der Waals surface area (Å²) in [4.78, 5) is 26.4. The first kappa shape index (κ1) is 17.5. The number of hydrogen-bond acceptors (Lipinski definition) is 4. The van der Waals surface area contributed by atoms with Crippen LogP contribution >= 0.6 is 0 Å². The Hall–Kier alpha value is -3.28. The Labute approximate surface area is 151 Å². The summed E-state index contributed by atoms with van der Waals surface area (Å²) in [6, 6.07) is 16.1. The van der Waals surface area contributed by atoms with Crippen LogP contribution in [0.4, 0.5) is 5.69 Å². The van der Waals surface area contributed by atoms with Crippen molar-refractivity contribution in [1.29, 1.82) is 0 Å². The highest BCUT2D eigenvalue weighted by atomic mass is 16.5. The van der Waals surface area contributed by atoms with Crippen LogP contribution in [0.25, 0.3) is 11.0 Å². The molecule has 0 spiro atoms. The van der Waals surface area contributed by atoms with Gasteiger partial charge in [0.15, 0.2) is 5.76 Å². The maximum Gasteiger partial charge on any atom is 0.290 e. The molecule has 3 aromatic rings. The molecule has 3 rings (SSSR count). The molecule has 1 N–H and O–H groups in total. The van der Waals surface area contributed by atoms with Crippen molar-refractivity contribution >= 4 is 28.5 Å². The highest BCUT2D eigenvalue weighted by molar-refractivity contribution is 6.00. The molecule has 2 aromatic carbocycles. The summed E-state index contributed by atoms with van der Waals surface area (Å²) in [6.07, 6.45) is 0. The molecule has 0 saturated heterocycles. The number of anilines is 1. The summed E-state index contributed by atoms with van der Waals surface area (Å²) in [7, 11) is 1.58.